The first-order valence-electron chi connectivity index (χ1n) is 5.72. The summed E-state index contributed by atoms with van der Waals surface area (Å²) in [5.74, 6) is 0.795. The lowest BCUT2D eigenvalue weighted by Gasteiger charge is -2.19. The third kappa shape index (κ3) is 2.39. The monoisotopic (exact) mass is 339 g/mol. The number of fused-ring (bicyclic) bond motifs is 1. The summed E-state index contributed by atoms with van der Waals surface area (Å²) in [7, 11) is 0. The number of nitrogen functional groups attached to an aromatic ring is 1. The first kappa shape index (κ1) is 12.7. The van der Waals surface area contributed by atoms with Crippen LogP contribution in [0.25, 0.3) is 0 Å². The second-order valence-electron chi connectivity index (χ2n) is 3.97. The highest BCUT2D eigenvalue weighted by Gasteiger charge is 2.18. The molecule has 9 heteroatoms. The van der Waals surface area contributed by atoms with Gasteiger partial charge < -0.3 is 20.5 Å². The van der Waals surface area contributed by atoms with E-state index in [0.29, 0.717) is 34.9 Å². The van der Waals surface area contributed by atoms with Crippen LogP contribution in [0.3, 0.4) is 0 Å². The van der Waals surface area contributed by atoms with E-state index < -0.39 is 5.91 Å². The number of halogens is 1. The first-order valence-corrected chi connectivity index (χ1v) is 6.51. The highest BCUT2D eigenvalue weighted by Crippen LogP contribution is 2.38. The Morgan fingerprint density at radius 3 is 2.70 bits per heavy atom. The van der Waals surface area contributed by atoms with Gasteiger partial charge >= 0.3 is 0 Å². The van der Waals surface area contributed by atoms with Crippen LogP contribution < -0.4 is 20.5 Å². The Hall–Kier alpha value is -2.29. The number of benzene rings is 1. The van der Waals surface area contributed by atoms with Crippen LogP contribution in [0, 0.1) is 0 Å². The van der Waals surface area contributed by atoms with Crippen LogP contribution in [0.1, 0.15) is 10.6 Å². The Morgan fingerprint density at radius 1 is 1.35 bits per heavy atom. The smallest absolute Gasteiger partial charge is 0.293 e. The highest BCUT2D eigenvalue weighted by molar-refractivity contribution is 9.10. The van der Waals surface area contributed by atoms with Gasteiger partial charge in [0.1, 0.15) is 13.2 Å². The molecule has 0 spiro atoms. The quantitative estimate of drug-likeness (QED) is 0.756. The Balaban J connectivity index is 1.85. The lowest BCUT2D eigenvalue weighted by molar-refractivity contribution is 0.101. The van der Waals surface area contributed by atoms with E-state index in [2.05, 4.69) is 36.4 Å². The fourth-order valence-corrected chi connectivity index (χ4v) is 2.14. The number of anilines is 2. The zero-order chi connectivity index (χ0) is 14.1. The summed E-state index contributed by atoms with van der Waals surface area (Å²) in [4.78, 5) is 15.7. The minimum atomic E-state index is -0.452. The molecule has 104 valence electrons. The van der Waals surface area contributed by atoms with Crippen LogP contribution in [-0.4, -0.2) is 34.3 Å². The van der Waals surface area contributed by atoms with Crippen molar-refractivity contribution in [2.45, 2.75) is 0 Å². The van der Waals surface area contributed by atoms with Gasteiger partial charge in [0.05, 0.1) is 5.69 Å². The van der Waals surface area contributed by atoms with Crippen molar-refractivity contribution in [1.29, 1.82) is 0 Å². The minimum absolute atomic E-state index is 0.0105. The largest absolute Gasteiger partial charge is 0.486 e. The van der Waals surface area contributed by atoms with Gasteiger partial charge in [0.25, 0.3) is 5.91 Å². The summed E-state index contributed by atoms with van der Waals surface area (Å²) in [5, 5.41) is 8.71. The number of aromatic amines is 1. The fourth-order valence-electron chi connectivity index (χ4n) is 1.72. The second-order valence-corrected chi connectivity index (χ2v) is 4.83. The lowest BCUT2D eigenvalue weighted by Crippen LogP contribution is -2.17. The number of carbonyl (C=O) groups excluding carboxylic acids is 1. The fraction of sp³-hybridized carbons (Fsp3) is 0.182. The number of ether oxygens (including phenoxy) is 2. The number of nitrogens with zero attached hydrogens (tertiary/aromatic N) is 2. The van der Waals surface area contributed by atoms with Gasteiger partial charge in [-0.2, -0.15) is 4.98 Å². The molecule has 8 nitrogen and oxygen atoms in total. The average molecular weight is 340 g/mol. The van der Waals surface area contributed by atoms with Crippen molar-refractivity contribution in [2.75, 3.05) is 24.3 Å². The number of hydrogen-bond donors (Lipinski definition) is 3. The van der Waals surface area contributed by atoms with Gasteiger partial charge in [-0.3, -0.25) is 9.89 Å². The minimum Gasteiger partial charge on any atom is -0.486 e. The van der Waals surface area contributed by atoms with Crippen LogP contribution in [0.2, 0.25) is 0 Å². The molecule has 1 aromatic heterocycles. The van der Waals surface area contributed by atoms with E-state index in [1.54, 1.807) is 12.1 Å². The summed E-state index contributed by atoms with van der Waals surface area (Å²) < 4.78 is 11.6. The highest BCUT2D eigenvalue weighted by atomic mass is 79.9. The molecule has 0 bridgehead atoms. The molecule has 1 aromatic carbocycles. The van der Waals surface area contributed by atoms with Crippen molar-refractivity contribution in [2.24, 2.45) is 0 Å². The van der Waals surface area contributed by atoms with Gasteiger partial charge in [0.2, 0.25) is 11.8 Å². The summed E-state index contributed by atoms with van der Waals surface area (Å²) >= 11 is 3.36. The van der Waals surface area contributed by atoms with Crippen molar-refractivity contribution in [1.82, 2.24) is 15.2 Å². The van der Waals surface area contributed by atoms with E-state index in [4.69, 9.17) is 15.2 Å². The summed E-state index contributed by atoms with van der Waals surface area (Å²) in [6.45, 7) is 0.975. The lowest BCUT2D eigenvalue weighted by atomic mass is 10.2. The molecule has 0 saturated carbocycles. The molecule has 0 radical (unpaired) electrons. The molecule has 3 rings (SSSR count). The SMILES string of the molecule is Nc1n[nH]c(C(=O)Nc2cc3c(cc2Br)OCCO3)n1. The molecule has 0 fully saturated rings. The molecule has 20 heavy (non-hydrogen) atoms. The summed E-state index contributed by atoms with van der Waals surface area (Å²) in [6.07, 6.45) is 0. The Kier molecular flexibility index (Phi) is 3.18. The van der Waals surface area contributed by atoms with Crippen LogP contribution >= 0.6 is 15.9 Å². The van der Waals surface area contributed by atoms with Gasteiger partial charge in [-0.15, -0.1) is 5.10 Å². The molecular formula is C11H10BrN5O3. The zero-order valence-electron chi connectivity index (χ0n) is 10.1. The molecular weight excluding hydrogens is 330 g/mol. The Morgan fingerprint density at radius 2 is 2.05 bits per heavy atom. The number of hydrogen-bond acceptors (Lipinski definition) is 6. The van der Waals surface area contributed by atoms with Gasteiger partial charge in [-0.25, -0.2) is 0 Å². The van der Waals surface area contributed by atoms with E-state index in [1.165, 1.54) is 0 Å². The van der Waals surface area contributed by atoms with Crippen molar-refractivity contribution in [3.05, 3.63) is 22.4 Å². The second kappa shape index (κ2) is 5.00. The number of amides is 1. The number of rotatable bonds is 2. The van der Waals surface area contributed by atoms with Crippen LogP contribution in [0.5, 0.6) is 11.5 Å². The summed E-state index contributed by atoms with van der Waals surface area (Å²) in [6, 6.07) is 3.41. The molecule has 0 aliphatic carbocycles. The maximum atomic E-state index is 12.0. The van der Waals surface area contributed by atoms with Crippen molar-refractivity contribution in [3.8, 4) is 11.5 Å². The van der Waals surface area contributed by atoms with Gasteiger partial charge in [0, 0.05) is 16.6 Å². The van der Waals surface area contributed by atoms with Gasteiger partial charge in [0.15, 0.2) is 11.5 Å². The van der Waals surface area contributed by atoms with Crippen LogP contribution in [0.4, 0.5) is 11.6 Å². The maximum Gasteiger partial charge on any atom is 0.293 e. The molecule has 0 saturated heterocycles. The molecule has 0 atom stereocenters. The van der Waals surface area contributed by atoms with Gasteiger partial charge in [-0.1, -0.05) is 0 Å². The van der Waals surface area contributed by atoms with E-state index >= 15 is 0 Å². The predicted molar refractivity (Wildman–Crippen MR) is 73.9 cm³/mol. The van der Waals surface area contributed by atoms with Crippen LogP contribution in [-0.2, 0) is 0 Å². The molecule has 1 amide bonds. The van der Waals surface area contributed by atoms with E-state index in [-0.39, 0.29) is 11.8 Å². The predicted octanol–water partition coefficient (Wildman–Crippen LogP) is 1.17. The Bertz CT molecular complexity index is 672. The molecule has 1 aliphatic heterocycles. The topological polar surface area (TPSA) is 115 Å². The number of H-pyrrole nitrogens is 1. The normalized spacial score (nSPS) is 13.1. The third-order valence-electron chi connectivity index (χ3n) is 2.60. The number of carbonyl (C=O) groups is 1. The van der Waals surface area contributed by atoms with E-state index in [0.717, 1.165) is 0 Å². The molecule has 0 unspecified atom stereocenters. The standard InChI is InChI=1S/C11H10BrN5O3/c12-5-3-7-8(20-2-1-19-7)4-6(5)14-10(18)9-15-11(13)17-16-9/h3-4H,1-2H2,(H,14,18)(H3,13,15,16,17). The number of nitrogens with one attached hydrogen (secondary N) is 2. The molecule has 4 N–H and O–H groups in total. The zero-order valence-corrected chi connectivity index (χ0v) is 11.7. The van der Waals surface area contributed by atoms with Crippen LogP contribution in [0.15, 0.2) is 16.6 Å². The van der Waals surface area contributed by atoms with Gasteiger partial charge in [-0.05, 0) is 15.9 Å². The van der Waals surface area contributed by atoms with E-state index in [1.807, 2.05) is 0 Å². The van der Waals surface area contributed by atoms with E-state index in [9.17, 15) is 4.79 Å². The van der Waals surface area contributed by atoms with Crippen molar-refractivity contribution in [3.63, 3.8) is 0 Å². The number of aromatic nitrogens is 3. The molecule has 1 aliphatic rings. The van der Waals surface area contributed by atoms with Crippen molar-refractivity contribution < 1.29 is 14.3 Å². The first-order chi connectivity index (χ1) is 9.63. The van der Waals surface area contributed by atoms with Crippen molar-refractivity contribution >= 4 is 33.5 Å². The molecule has 2 heterocycles. The average Bonchev–Trinajstić information content (AvgIpc) is 2.86. The maximum absolute atomic E-state index is 12.0. The molecule has 2 aromatic rings. The number of nitrogens with two attached hydrogens (primary N) is 1. The summed E-state index contributed by atoms with van der Waals surface area (Å²) in [5.41, 5.74) is 5.89. The third-order valence-corrected chi connectivity index (χ3v) is 3.25. The Labute approximate surface area is 121 Å².